The van der Waals surface area contributed by atoms with E-state index in [0.717, 1.165) is 16.0 Å². The van der Waals surface area contributed by atoms with Gasteiger partial charge in [-0.2, -0.15) is 0 Å². The molecule has 1 aliphatic rings. The third-order valence-corrected chi connectivity index (χ3v) is 3.84. The molecule has 1 heterocycles. The fourth-order valence-corrected chi connectivity index (χ4v) is 2.81. The van der Waals surface area contributed by atoms with E-state index in [1.54, 1.807) is 6.07 Å². The van der Waals surface area contributed by atoms with Crippen LogP contribution in [0.25, 0.3) is 0 Å². The summed E-state index contributed by atoms with van der Waals surface area (Å²) in [6.07, 6.45) is 8.60. The van der Waals surface area contributed by atoms with Crippen LogP contribution < -0.4 is 5.56 Å². The Hall–Kier alpha value is -0.320. The highest BCUT2D eigenvalue weighted by Crippen LogP contribution is 2.27. The van der Waals surface area contributed by atoms with Crippen molar-refractivity contribution in [2.45, 2.75) is 38.6 Å². The summed E-state index contributed by atoms with van der Waals surface area (Å²) < 4.78 is 2.98. The van der Waals surface area contributed by atoms with E-state index < -0.39 is 0 Å². The molecule has 0 atom stereocenters. The quantitative estimate of drug-likeness (QED) is 0.786. The van der Waals surface area contributed by atoms with Crippen molar-refractivity contribution in [3.63, 3.8) is 0 Å². The highest BCUT2D eigenvalue weighted by molar-refractivity contribution is 14.1. The van der Waals surface area contributed by atoms with E-state index in [9.17, 15) is 4.79 Å². The van der Waals surface area contributed by atoms with Gasteiger partial charge in [0.25, 0.3) is 5.56 Å². The van der Waals surface area contributed by atoms with E-state index in [4.69, 9.17) is 0 Å². The molecule has 1 aliphatic carbocycles. The number of nitrogens with zero attached hydrogens (tertiary/aromatic N) is 1. The fraction of sp³-hybridized carbons (Fsp3) is 0.583. The van der Waals surface area contributed by atoms with Crippen molar-refractivity contribution in [1.29, 1.82) is 0 Å². The van der Waals surface area contributed by atoms with Crippen LogP contribution in [0.15, 0.2) is 23.1 Å². The molecule has 1 aromatic rings. The van der Waals surface area contributed by atoms with E-state index in [-0.39, 0.29) is 5.56 Å². The monoisotopic (exact) mass is 317 g/mol. The molecule has 0 spiro atoms. The van der Waals surface area contributed by atoms with Gasteiger partial charge in [0.15, 0.2) is 0 Å². The summed E-state index contributed by atoms with van der Waals surface area (Å²) in [6.45, 7) is 0.889. The Bertz CT molecular complexity index is 379. The van der Waals surface area contributed by atoms with E-state index in [2.05, 4.69) is 22.6 Å². The summed E-state index contributed by atoms with van der Waals surface area (Å²) in [5.41, 5.74) is 0.133. The maximum atomic E-state index is 11.5. The van der Waals surface area contributed by atoms with Gasteiger partial charge in [-0.3, -0.25) is 4.79 Å². The average Bonchev–Trinajstić information content (AvgIpc) is 2.72. The number of aryl methyl sites for hydroxylation is 1. The topological polar surface area (TPSA) is 22.0 Å². The second-order valence-corrected chi connectivity index (χ2v) is 5.56. The molecule has 0 amide bonds. The number of halogens is 1. The zero-order valence-electron chi connectivity index (χ0n) is 8.79. The van der Waals surface area contributed by atoms with Crippen molar-refractivity contribution in [2.75, 3.05) is 0 Å². The van der Waals surface area contributed by atoms with E-state index in [1.807, 2.05) is 16.8 Å². The number of pyridine rings is 1. The van der Waals surface area contributed by atoms with Crippen molar-refractivity contribution in [3.05, 3.63) is 32.3 Å². The van der Waals surface area contributed by atoms with E-state index in [1.165, 1.54) is 32.1 Å². The van der Waals surface area contributed by atoms with Crippen LogP contribution >= 0.6 is 22.6 Å². The predicted molar refractivity (Wildman–Crippen MR) is 70.0 cm³/mol. The maximum absolute atomic E-state index is 11.5. The summed E-state index contributed by atoms with van der Waals surface area (Å²) in [4.78, 5) is 11.5. The van der Waals surface area contributed by atoms with Gasteiger partial charge in [-0.05, 0) is 41.0 Å². The first-order valence-electron chi connectivity index (χ1n) is 5.62. The second-order valence-electron chi connectivity index (χ2n) is 4.32. The Morgan fingerprint density at radius 2 is 2.07 bits per heavy atom. The van der Waals surface area contributed by atoms with Gasteiger partial charge in [0.1, 0.15) is 0 Å². The van der Waals surface area contributed by atoms with E-state index in [0.29, 0.717) is 0 Å². The van der Waals surface area contributed by atoms with Gasteiger partial charge in [0.2, 0.25) is 0 Å². The molecule has 0 aromatic carbocycles. The van der Waals surface area contributed by atoms with Crippen LogP contribution in [0, 0.1) is 9.49 Å². The van der Waals surface area contributed by atoms with Gasteiger partial charge in [-0.15, -0.1) is 0 Å². The van der Waals surface area contributed by atoms with Crippen molar-refractivity contribution in [2.24, 2.45) is 5.92 Å². The molecule has 15 heavy (non-hydrogen) atoms. The molecule has 1 saturated carbocycles. The first-order chi connectivity index (χ1) is 7.25. The predicted octanol–water partition coefficient (Wildman–Crippen LogP) is 3.03. The van der Waals surface area contributed by atoms with Crippen LogP contribution in [-0.4, -0.2) is 4.57 Å². The van der Waals surface area contributed by atoms with Gasteiger partial charge in [0, 0.05) is 22.4 Å². The van der Waals surface area contributed by atoms with Gasteiger partial charge < -0.3 is 4.57 Å². The summed E-state index contributed by atoms with van der Waals surface area (Å²) in [6, 6.07) is 3.53. The van der Waals surface area contributed by atoms with Crippen molar-refractivity contribution in [3.8, 4) is 0 Å². The third-order valence-electron chi connectivity index (χ3n) is 3.20. The zero-order chi connectivity index (χ0) is 10.7. The molecule has 0 radical (unpaired) electrons. The highest BCUT2D eigenvalue weighted by atomic mass is 127. The summed E-state index contributed by atoms with van der Waals surface area (Å²) >= 11 is 2.25. The van der Waals surface area contributed by atoms with Crippen LogP contribution in [-0.2, 0) is 6.54 Å². The second kappa shape index (κ2) is 5.14. The Morgan fingerprint density at radius 3 is 2.80 bits per heavy atom. The molecule has 0 saturated heterocycles. The fourth-order valence-electron chi connectivity index (χ4n) is 2.30. The standard InChI is InChI=1S/C12H16INO/c13-11-5-6-12(15)14(9-11)8-7-10-3-1-2-4-10/h5-6,9-10H,1-4,7-8H2. The molecular formula is C12H16INO. The van der Waals surface area contributed by atoms with Gasteiger partial charge in [0.05, 0.1) is 0 Å². The lowest BCUT2D eigenvalue weighted by Crippen LogP contribution is -2.19. The van der Waals surface area contributed by atoms with Crippen LogP contribution in [0.1, 0.15) is 32.1 Å². The van der Waals surface area contributed by atoms with Gasteiger partial charge in [-0.25, -0.2) is 0 Å². The summed E-state index contributed by atoms with van der Waals surface area (Å²) in [7, 11) is 0. The number of hydrogen-bond acceptors (Lipinski definition) is 1. The molecule has 0 unspecified atom stereocenters. The number of rotatable bonds is 3. The normalized spacial score (nSPS) is 17.1. The minimum Gasteiger partial charge on any atom is -0.314 e. The Kier molecular flexibility index (Phi) is 3.83. The zero-order valence-corrected chi connectivity index (χ0v) is 10.9. The first kappa shape index (κ1) is 11.2. The summed E-state index contributed by atoms with van der Waals surface area (Å²) in [5.74, 6) is 0.856. The van der Waals surface area contributed by atoms with Crippen LogP contribution in [0.2, 0.25) is 0 Å². The summed E-state index contributed by atoms with van der Waals surface area (Å²) in [5, 5.41) is 0. The first-order valence-corrected chi connectivity index (χ1v) is 6.69. The minimum absolute atomic E-state index is 0.133. The average molecular weight is 317 g/mol. The van der Waals surface area contributed by atoms with Crippen molar-refractivity contribution in [1.82, 2.24) is 4.57 Å². The largest absolute Gasteiger partial charge is 0.314 e. The molecular weight excluding hydrogens is 301 g/mol. The lowest BCUT2D eigenvalue weighted by Gasteiger charge is -2.10. The smallest absolute Gasteiger partial charge is 0.250 e. The minimum atomic E-state index is 0.133. The van der Waals surface area contributed by atoms with Crippen LogP contribution in [0.4, 0.5) is 0 Å². The number of aromatic nitrogens is 1. The molecule has 0 bridgehead atoms. The molecule has 0 N–H and O–H groups in total. The number of hydrogen-bond donors (Lipinski definition) is 0. The molecule has 0 aliphatic heterocycles. The molecule has 2 rings (SSSR count). The Balaban J connectivity index is 1.97. The van der Waals surface area contributed by atoms with Crippen LogP contribution in [0.3, 0.4) is 0 Å². The lowest BCUT2D eigenvalue weighted by molar-refractivity contribution is 0.452. The molecule has 3 heteroatoms. The van der Waals surface area contributed by atoms with Gasteiger partial charge in [-0.1, -0.05) is 25.7 Å². The highest BCUT2D eigenvalue weighted by Gasteiger charge is 2.14. The maximum Gasteiger partial charge on any atom is 0.250 e. The Labute approximate surface area is 104 Å². The lowest BCUT2D eigenvalue weighted by atomic mass is 10.0. The molecule has 1 aromatic heterocycles. The van der Waals surface area contributed by atoms with Crippen molar-refractivity contribution < 1.29 is 0 Å². The molecule has 2 nitrogen and oxygen atoms in total. The molecule has 82 valence electrons. The third kappa shape index (κ3) is 3.06. The van der Waals surface area contributed by atoms with Crippen LogP contribution in [0.5, 0.6) is 0 Å². The molecule has 1 fully saturated rings. The van der Waals surface area contributed by atoms with E-state index >= 15 is 0 Å². The SMILES string of the molecule is O=c1ccc(I)cn1CCC1CCCC1. The Morgan fingerprint density at radius 1 is 1.33 bits per heavy atom. The van der Waals surface area contributed by atoms with Crippen molar-refractivity contribution >= 4 is 22.6 Å². The van der Waals surface area contributed by atoms with Gasteiger partial charge >= 0.3 is 0 Å².